The molecule has 0 saturated heterocycles. The van der Waals surface area contributed by atoms with Crippen molar-refractivity contribution < 1.29 is 15.0 Å². The molecular weight excluding hydrogens is 230 g/mol. The molecule has 0 amide bonds. The van der Waals surface area contributed by atoms with E-state index in [4.69, 9.17) is 10.2 Å². The molecule has 0 spiro atoms. The van der Waals surface area contributed by atoms with Crippen molar-refractivity contribution in [2.45, 2.75) is 38.5 Å². The Balaban J connectivity index is 1.92. The number of aliphatic hydroxyl groups excluding tert-OH is 1. The Hall–Kier alpha value is -1.39. The van der Waals surface area contributed by atoms with Gasteiger partial charge in [0, 0.05) is 19.1 Å². The number of nitrogens with zero attached hydrogens (tertiary/aromatic N) is 1. The summed E-state index contributed by atoms with van der Waals surface area (Å²) < 4.78 is 0. The predicted molar refractivity (Wildman–Crippen MR) is 68.0 cm³/mol. The van der Waals surface area contributed by atoms with Crippen LogP contribution in [0, 0.1) is 0 Å². The average Bonchev–Trinajstić information content (AvgIpc) is 3.19. The molecule has 0 unspecified atom stereocenters. The van der Waals surface area contributed by atoms with Gasteiger partial charge in [0.1, 0.15) is 0 Å². The Kier molecular flexibility index (Phi) is 4.33. The molecule has 4 heteroatoms. The highest BCUT2D eigenvalue weighted by molar-refractivity contribution is 5.66. The van der Waals surface area contributed by atoms with E-state index in [-0.39, 0.29) is 13.0 Å². The summed E-state index contributed by atoms with van der Waals surface area (Å²) >= 11 is 0. The summed E-state index contributed by atoms with van der Waals surface area (Å²) in [5.74, 6) is -0.740. The minimum Gasteiger partial charge on any atom is -0.481 e. The first kappa shape index (κ1) is 13.1. The lowest BCUT2D eigenvalue weighted by Gasteiger charge is -2.21. The summed E-state index contributed by atoms with van der Waals surface area (Å²) in [5, 5.41) is 17.7. The second-order valence-electron chi connectivity index (χ2n) is 4.82. The van der Waals surface area contributed by atoms with Crippen molar-refractivity contribution in [1.29, 1.82) is 0 Å². The second kappa shape index (κ2) is 5.98. The van der Waals surface area contributed by atoms with Crippen LogP contribution >= 0.6 is 0 Å². The van der Waals surface area contributed by atoms with Crippen molar-refractivity contribution in [3.05, 3.63) is 35.4 Å². The molecule has 0 bridgehead atoms. The summed E-state index contributed by atoms with van der Waals surface area (Å²) in [6.07, 6.45) is 2.55. The van der Waals surface area contributed by atoms with E-state index in [1.165, 1.54) is 18.4 Å². The van der Waals surface area contributed by atoms with Crippen molar-refractivity contribution in [2.24, 2.45) is 0 Å². The summed E-state index contributed by atoms with van der Waals surface area (Å²) in [5.41, 5.74) is 2.08. The summed E-state index contributed by atoms with van der Waals surface area (Å²) in [6.45, 7) is 1.47. The van der Waals surface area contributed by atoms with Crippen LogP contribution in [0.5, 0.6) is 0 Å². The Morgan fingerprint density at radius 1 is 1.22 bits per heavy atom. The normalized spacial score (nSPS) is 15.0. The van der Waals surface area contributed by atoms with E-state index < -0.39 is 5.97 Å². The highest BCUT2D eigenvalue weighted by Crippen LogP contribution is 2.28. The number of carboxylic acid groups (broad SMARTS) is 1. The number of hydrogen-bond donors (Lipinski definition) is 2. The maximum Gasteiger partial charge on any atom is 0.304 e. The van der Waals surface area contributed by atoms with E-state index in [1.807, 2.05) is 24.3 Å². The summed E-state index contributed by atoms with van der Waals surface area (Å²) in [6, 6.07) is 8.39. The molecule has 1 aromatic carbocycles. The highest BCUT2D eigenvalue weighted by atomic mass is 16.4. The van der Waals surface area contributed by atoms with Gasteiger partial charge >= 0.3 is 5.97 Å². The van der Waals surface area contributed by atoms with Gasteiger partial charge < -0.3 is 10.2 Å². The van der Waals surface area contributed by atoms with Crippen LogP contribution in [-0.2, 0) is 17.9 Å². The lowest BCUT2D eigenvalue weighted by atomic mass is 10.1. The van der Waals surface area contributed by atoms with Crippen molar-refractivity contribution in [3.8, 4) is 0 Å². The van der Waals surface area contributed by atoms with Gasteiger partial charge in [-0.3, -0.25) is 9.69 Å². The second-order valence-corrected chi connectivity index (χ2v) is 4.82. The van der Waals surface area contributed by atoms with E-state index in [0.29, 0.717) is 12.6 Å². The third-order valence-corrected chi connectivity index (χ3v) is 3.27. The molecule has 2 N–H and O–H groups in total. The minimum atomic E-state index is -0.740. The van der Waals surface area contributed by atoms with Gasteiger partial charge in [0.2, 0.25) is 0 Å². The highest BCUT2D eigenvalue weighted by Gasteiger charge is 2.28. The Bertz CT molecular complexity index is 398. The topological polar surface area (TPSA) is 60.8 Å². The van der Waals surface area contributed by atoms with Gasteiger partial charge in [-0.15, -0.1) is 0 Å². The third kappa shape index (κ3) is 3.82. The molecule has 1 aliphatic rings. The number of carbonyl (C=O) groups is 1. The molecule has 1 aromatic rings. The summed E-state index contributed by atoms with van der Waals surface area (Å²) in [4.78, 5) is 12.9. The van der Waals surface area contributed by atoms with Gasteiger partial charge in [0.15, 0.2) is 0 Å². The quantitative estimate of drug-likeness (QED) is 0.771. The van der Waals surface area contributed by atoms with Gasteiger partial charge in [-0.2, -0.15) is 0 Å². The first-order valence-electron chi connectivity index (χ1n) is 6.33. The largest absolute Gasteiger partial charge is 0.481 e. The number of carboxylic acids is 1. The molecule has 18 heavy (non-hydrogen) atoms. The summed E-state index contributed by atoms with van der Waals surface area (Å²) in [7, 11) is 0. The SMILES string of the molecule is O=C(O)CCN(Cc1ccc(CO)cc1)C1CC1. The first-order valence-corrected chi connectivity index (χ1v) is 6.33. The van der Waals surface area contributed by atoms with Crippen LogP contribution in [0.4, 0.5) is 0 Å². The molecular formula is C14H19NO3. The van der Waals surface area contributed by atoms with Gasteiger partial charge in [0.25, 0.3) is 0 Å². The van der Waals surface area contributed by atoms with Crippen LogP contribution in [0.15, 0.2) is 24.3 Å². The molecule has 0 heterocycles. The van der Waals surface area contributed by atoms with Crippen LogP contribution < -0.4 is 0 Å². The molecule has 1 saturated carbocycles. The Morgan fingerprint density at radius 3 is 2.33 bits per heavy atom. The van der Waals surface area contributed by atoms with Crippen LogP contribution in [0.2, 0.25) is 0 Å². The van der Waals surface area contributed by atoms with Gasteiger partial charge in [-0.25, -0.2) is 0 Å². The molecule has 0 radical (unpaired) electrons. The fraction of sp³-hybridized carbons (Fsp3) is 0.500. The number of aliphatic carboxylic acids is 1. The average molecular weight is 249 g/mol. The molecule has 2 rings (SSSR count). The number of rotatable bonds is 7. The Labute approximate surface area is 107 Å². The van der Waals surface area contributed by atoms with E-state index in [2.05, 4.69) is 4.90 Å². The predicted octanol–water partition coefficient (Wildman–Crippen LogP) is 1.62. The van der Waals surface area contributed by atoms with Crippen molar-refractivity contribution in [3.63, 3.8) is 0 Å². The molecule has 1 fully saturated rings. The smallest absolute Gasteiger partial charge is 0.304 e. The fourth-order valence-electron chi connectivity index (χ4n) is 2.05. The molecule has 0 aliphatic heterocycles. The lowest BCUT2D eigenvalue weighted by Crippen LogP contribution is -2.28. The van der Waals surface area contributed by atoms with Crippen molar-refractivity contribution in [1.82, 2.24) is 4.90 Å². The zero-order chi connectivity index (χ0) is 13.0. The first-order chi connectivity index (χ1) is 8.69. The number of hydrogen-bond acceptors (Lipinski definition) is 3. The van der Waals surface area contributed by atoms with E-state index in [1.54, 1.807) is 0 Å². The molecule has 4 nitrogen and oxygen atoms in total. The fourth-order valence-corrected chi connectivity index (χ4v) is 2.05. The van der Waals surface area contributed by atoms with E-state index in [0.717, 1.165) is 12.1 Å². The molecule has 0 atom stereocenters. The van der Waals surface area contributed by atoms with Crippen LogP contribution in [0.3, 0.4) is 0 Å². The monoisotopic (exact) mass is 249 g/mol. The number of benzene rings is 1. The van der Waals surface area contributed by atoms with Crippen molar-refractivity contribution >= 4 is 5.97 Å². The van der Waals surface area contributed by atoms with Crippen LogP contribution in [-0.4, -0.2) is 33.7 Å². The Morgan fingerprint density at radius 2 is 1.83 bits per heavy atom. The minimum absolute atomic E-state index is 0.0611. The number of aliphatic hydroxyl groups is 1. The third-order valence-electron chi connectivity index (χ3n) is 3.27. The lowest BCUT2D eigenvalue weighted by molar-refractivity contribution is -0.137. The zero-order valence-corrected chi connectivity index (χ0v) is 10.4. The van der Waals surface area contributed by atoms with Crippen molar-refractivity contribution in [2.75, 3.05) is 6.54 Å². The standard InChI is InChI=1S/C14H19NO3/c16-10-12-3-1-11(2-4-12)9-15(13-5-6-13)8-7-14(17)18/h1-4,13,16H,5-10H2,(H,17,18). The van der Waals surface area contributed by atoms with Gasteiger partial charge in [-0.1, -0.05) is 24.3 Å². The molecule has 0 aromatic heterocycles. The van der Waals surface area contributed by atoms with Gasteiger partial charge in [-0.05, 0) is 24.0 Å². The zero-order valence-electron chi connectivity index (χ0n) is 10.4. The van der Waals surface area contributed by atoms with E-state index >= 15 is 0 Å². The maximum absolute atomic E-state index is 10.6. The van der Waals surface area contributed by atoms with Crippen LogP contribution in [0.1, 0.15) is 30.4 Å². The van der Waals surface area contributed by atoms with E-state index in [9.17, 15) is 4.79 Å². The maximum atomic E-state index is 10.6. The molecule has 98 valence electrons. The molecule has 1 aliphatic carbocycles. The van der Waals surface area contributed by atoms with Gasteiger partial charge in [0.05, 0.1) is 13.0 Å². The van der Waals surface area contributed by atoms with Crippen LogP contribution in [0.25, 0.3) is 0 Å².